The van der Waals surface area contributed by atoms with Gasteiger partial charge in [0.1, 0.15) is 11.8 Å². The SMILES string of the molecule is CC[C@@H](C)NC(=O)[C@@H](CC)N(CCc1ccccc1)C(=O)CCCN(c1ccccc1OC)S(C)(=O)=O. The lowest BCUT2D eigenvalue weighted by molar-refractivity contribution is -0.141. The molecule has 0 unspecified atom stereocenters. The van der Waals surface area contributed by atoms with Crippen molar-refractivity contribution in [2.45, 2.75) is 65.0 Å². The number of rotatable bonds is 15. The number of nitrogens with one attached hydrogen (secondary N) is 1. The first-order valence-electron chi connectivity index (χ1n) is 12.9. The lowest BCUT2D eigenvalue weighted by Crippen LogP contribution is -2.51. The zero-order chi connectivity index (χ0) is 27.4. The number of hydrogen-bond acceptors (Lipinski definition) is 5. The number of carbonyl (C=O) groups is 2. The predicted octanol–water partition coefficient (Wildman–Crippen LogP) is 4.01. The van der Waals surface area contributed by atoms with Crippen LogP contribution in [0.1, 0.15) is 52.0 Å². The largest absolute Gasteiger partial charge is 0.495 e. The topological polar surface area (TPSA) is 96.0 Å². The maximum atomic E-state index is 13.5. The highest BCUT2D eigenvalue weighted by molar-refractivity contribution is 7.92. The van der Waals surface area contributed by atoms with Crippen LogP contribution in [-0.2, 0) is 26.0 Å². The highest BCUT2D eigenvalue weighted by Crippen LogP contribution is 2.29. The number of nitrogens with zero attached hydrogens (tertiary/aromatic N) is 2. The third-order valence-corrected chi connectivity index (χ3v) is 7.56. The molecule has 8 nitrogen and oxygen atoms in total. The van der Waals surface area contributed by atoms with E-state index in [1.165, 1.54) is 11.4 Å². The number of amides is 2. The summed E-state index contributed by atoms with van der Waals surface area (Å²) >= 11 is 0. The molecular formula is C28H41N3O5S. The third kappa shape index (κ3) is 9.07. The Balaban J connectivity index is 2.19. The maximum Gasteiger partial charge on any atom is 0.243 e. The standard InChI is InChI=1S/C28H41N3O5S/c1-6-22(3)29-28(33)24(7-2)30(21-19-23-14-9-8-10-15-23)27(32)18-13-20-31(37(5,34)35)25-16-11-12-17-26(25)36-4/h8-12,14-17,22,24H,6-7,13,18-21H2,1-5H3,(H,29,33)/t22-,24-/m1/s1. The van der Waals surface area contributed by atoms with E-state index in [0.29, 0.717) is 37.2 Å². The number of ether oxygens (including phenoxy) is 1. The summed E-state index contributed by atoms with van der Waals surface area (Å²) < 4.78 is 31.7. The van der Waals surface area contributed by atoms with Crippen LogP contribution in [0.25, 0.3) is 0 Å². The minimum atomic E-state index is -3.60. The Hall–Kier alpha value is -3.07. The van der Waals surface area contributed by atoms with E-state index in [9.17, 15) is 18.0 Å². The highest BCUT2D eigenvalue weighted by Gasteiger charge is 2.29. The summed E-state index contributed by atoms with van der Waals surface area (Å²) in [4.78, 5) is 28.2. The van der Waals surface area contributed by atoms with Gasteiger partial charge in [0.25, 0.3) is 0 Å². The predicted molar refractivity (Wildman–Crippen MR) is 148 cm³/mol. The van der Waals surface area contributed by atoms with E-state index in [-0.39, 0.29) is 30.8 Å². The van der Waals surface area contributed by atoms with Crippen LogP contribution in [-0.4, -0.2) is 63.7 Å². The zero-order valence-corrected chi connectivity index (χ0v) is 23.5. The molecule has 0 aliphatic heterocycles. The second-order valence-corrected chi connectivity index (χ2v) is 11.1. The number of benzene rings is 2. The van der Waals surface area contributed by atoms with Crippen LogP contribution in [0.15, 0.2) is 54.6 Å². The van der Waals surface area contributed by atoms with Crippen LogP contribution >= 0.6 is 0 Å². The van der Waals surface area contributed by atoms with Gasteiger partial charge in [-0.05, 0) is 50.3 Å². The van der Waals surface area contributed by atoms with Gasteiger partial charge in [-0.3, -0.25) is 13.9 Å². The second-order valence-electron chi connectivity index (χ2n) is 9.18. The number of carbonyl (C=O) groups excluding carboxylic acids is 2. The average molecular weight is 532 g/mol. The molecule has 1 N–H and O–H groups in total. The molecule has 204 valence electrons. The summed E-state index contributed by atoms with van der Waals surface area (Å²) in [6, 6.07) is 16.2. The smallest absolute Gasteiger partial charge is 0.243 e. The molecule has 0 fully saturated rings. The lowest BCUT2D eigenvalue weighted by Gasteiger charge is -2.32. The van der Waals surface area contributed by atoms with Gasteiger partial charge >= 0.3 is 0 Å². The Bertz CT molecular complexity index is 1110. The average Bonchev–Trinajstić information content (AvgIpc) is 2.88. The molecule has 2 aromatic carbocycles. The number of methoxy groups -OCH3 is 1. The fourth-order valence-corrected chi connectivity index (χ4v) is 5.12. The molecule has 0 heterocycles. The van der Waals surface area contributed by atoms with E-state index >= 15 is 0 Å². The fourth-order valence-electron chi connectivity index (χ4n) is 4.16. The third-order valence-electron chi connectivity index (χ3n) is 6.38. The minimum absolute atomic E-state index is 0.0109. The zero-order valence-electron chi connectivity index (χ0n) is 22.6. The molecule has 2 aromatic rings. The van der Waals surface area contributed by atoms with Gasteiger partial charge in [0.05, 0.1) is 19.1 Å². The molecule has 0 aliphatic carbocycles. The Morgan fingerprint density at radius 2 is 1.62 bits per heavy atom. The van der Waals surface area contributed by atoms with E-state index in [1.807, 2.05) is 51.1 Å². The van der Waals surface area contributed by atoms with Crippen molar-refractivity contribution in [1.29, 1.82) is 0 Å². The first-order valence-corrected chi connectivity index (χ1v) is 14.7. The molecule has 0 radical (unpaired) electrons. The Kier molecular flexibility index (Phi) is 11.9. The maximum absolute atomic E-state index is 13.5. The Labute approximate surface area is 222 Å². The van der Waals surface area contributed by atoms with Gasteiger partial charge in [-0.2, -0.15) is 0 Å². The fraction of sp³-hybridized carbons (Fsp3) is 0.500. The summed E-state index contributed by atoms with van der Waals surface area (Å²) in [5.74, 6) is 0.108. The molecule has 0 bridgehead atoms. The van der Waals surface area contributed by atoms with Gasteiger partial charge in [-0.25, -0.2) is 8.42 Å². The monoisotopic (exact) mass is 531 g/mol. The number of anilines is 1. The molecule has 0 saturated heterocycles. The molecule has 2 rings (SSSR count). The van der Waals surface area contributed by atoms with E-state index in [1.54, 1.807) is 29.2 Å². The minimum Gasteiger partial charge on any atom is -0.495 e. The Morgan fingerprint density at radius 1 is 0.973 bits per heavy atom. The highest BCUT2D eigenvalue weighted by atomic mass is 32.2. The van der Waals surface area contributed by atoms with Gasteiger partial charge in [-0.1, -0.05) is 56.3 Å². The summed E-state index contributed by atoms with van der Waals surface area (Å²) in [5.41, 5.74) is 1.51. The van der Waals surface area contributed by atoms with Crippen LogP contribution in [0.3, 0.4) is 0 Å². The molecule has 2 amide bonds. The lowest BCUT2D eigenvalue weighted by atomic mass is 10.1. The van der Waals surface area contributed by atoms with Crippen molar-refractivity contribution in [2.75, 3.05) is 30.8 Å². The van der Waals surface area contributed by atoms with Crippen molar-refractivity contribution in [3.8, 4) is 5.75 Å². The van der Waals surface area contributed by atoms with Gasteiger partial charge in [0.15, 0.2) is 0 Å². The molecular weight excluding hydrogens is 490 g/mol. The normalized spacial score (nSPS) is 12.9. The first-order chi connectivity index (χ1) is 17.6. The summed E-state index contributed by atoms with van der Waals surface area (Å²) in [6.07, 6.45) is 3.46. The van der Waals surface area contributed by atoms with Crippen LogP contribution in [0, 0.1) is 0 Å². The van der Waals surface area contributed by atoms with Crippen molar-refractivity contribution in [2.24, 2.45) is 0 Å². The van der Waals surface area contributed by atoms with Crippen LogP contribution in [0.2, 0.25) is 0 Å². The number of para-hydroxylation sites is 2. The van der Waals surface area contributed by atoms with E-state index in [4.69, 9.17) is 4.74 Å². The van der Waals surface area contributed by atoms with E-state index in [2.05, 4.69) is 5.32 Å². The number of hydrogen-bond donors (Lipinski definition) is 1. The molecule has 9 heteroatoms. The molecule has 0 aromatic heterocycles. The summed E-state index contributed by atoms with van der Waals surface area (Å²) in [5, 5.41) is 3.01. The van der Waals surface area contributed by atoms with Gasteiger partial charge < -0.3 is 15.0 Å². The quantitative estimate of drug-likeness (QED) is 0.375. The van der Waals surface area contributed by atoms with Gasteiger partial charge in [0, 0.05) is 25.6 Å². The molecule has 0 aliphatic rings. The van der Waals surface area contributed by atoms with Crippen LogP contribution in [0.4, 0.5) is 5.69 Å². The van der Waals surface area contributed by atoms with E-state index in [0.717, 1.165) is 18.2 Å². The van der Waals surface area contributed by atoms with Crippen molar-refractivity contribution >= 4 is 27.5 Å². The van der Waals surface area contributed by atoms with Crippen molar-refractivity contribution in [1.82, 2.24) is 10.2 Å². The Morgan fingerprint density at radius 3 is 2.22 bits per heavy atom. The summed E-state index contributed by atoms with van der Waals surface area (Å²) in [6.45, 7) is 6.36. The van der Waals surface area contributed by atoms with Gasteiger partial charge in [0.2, 0.25) is 21.8 Å². The first kappa shape index (κ1) is 30.2. The van der Waals surface area contributed by atoms with Crippen LogP contribution < -0.4 is 14.4 Å². The molecule has 2 atom stereocenters. The van der Waals surface area contributed by atoms with Crippen molar-refractivity contribution < 1.29 is 22.7 Å². The molecule has 37 heavy (non-hydrogen) atoms. The van der Waals surface area contributed by atoms with Crippen molar-refractivity contribution in [3.63, 3.8) is 0 Å². The van der Waals surface area contributed by atoms with Gasteiger partial charge in [-0.15, -0.1) is 0 Å². The summed E-state index contributed by atoms with van der Waals surface area (Å²) in [7, 11) is -2.11. The number of sulfonamides is 1. The van der Waals surface area contributed by atoms with Crippen LogP contribution in [0.5, 0.6) is 5.75 Å². The molecule has 0 saturated carbocycles. The van der Waals surface area contributed by atoms with Crippen molar-refractivity contribution in [3.05, 3.63) is 60.2 Å². The second kappa shape index (κ2) is 14.6. The van der Waals surface area contributed by atoms with E-state index < -0.39 is 16.1 Å². The molecule has 0 spiro atoms.